The number of hydrazine groups is 1. The Morgan fingerprint density at radius 1 is 0.844 bits per heavy atom. The number of rotatable bonds is 4. The summed E-state index contributed by atoms with van der Waals surface area (Å²) in [7, 11) is 0. The molecular formula is C24H41N5O3. The molecule has 5 rings (SSSR count). The Hall–Kier alpha value is -1.22. The Labute approximate surface area is 191 Å². The first-order valence-electron chi connectivity index (χ1n) is 13.0. The average Bonchev–Trinajstić information content (AvgIpc) is 3.44. The fourth-order valence-electron chi connectivity index (χ4n) is 6.67. The lowest BCUT2D eigenvalue weighted by Crippen LogP contribution is -2.54. The minimum absolute atomic E-state index is 0.135. The Morgan fingerprint density at radius 2 is 1.50 bits per heavy atom. The molecule has 4 atom stereocenters. The number of aliphatic hydroxyl groups is 1. The van der Waals surface area contributed by atoms with Crippen molar-refractivity contribution in [3.63, 3.8) is 0 Å². The Bertz CT molecular complexity index is 698. The van der Waals surface area contributed by atoms with Crippen molar-refractivity contribution in [2.75, 3.05) is 26.2 Å². The zero-order valence-electron chi connectivity index (χ0n) is 19.5. The maximum atomic E-state index is 13.1. The molecule has 8 nitrogen and oxygen atoms in total. The molecule has 2 heterocycles. The Morgan fingerprint density at radius 3 is 2.12 bits per heavy atom. The molecule has 2 saturated heterocycles. The number of hydrogen-bond acceptors (Lipinski definition) is 6. The van der Waals surface area contributed by atoms with E-state index in [-0.39, 0.29) is 11.8 Å². The Kier molecular flexibility index (Phi) is 6.49. The summed E-state index contributed by atoms with van der Waals surface area (Å²) >= 11 is 0. The first-order valence-corrected chi connectivity index (χ1v) is 13.0. The van der Waals surface area contributed by atoms with Crippen LogP contribution in [0.25, 0.3) is 0 Å². The lowest BCUT2D eigenvalue weighted by atomic mass is 9.68. The van der Waals surface area contributed by atoms with Gasteiger partial charge in [-0.2, -0.15) is 0 Å². The van der Waals surface area contributed by atoms with Gasteiger partial charge in [-0.05, 0) is 76.0 Å². The molecule has 5 fully saturated rings. The molecule has 5 aliphatic rings. The number of piperazine rings is 1. The van der Waals surface area contributed by atoms with Crippen LogP contribution in [-0.2, 0) is 9.59 Å². The molecule has 32 heavy (non-hydrogen) atoms. The molecule has 3 saturated carbocycles. The molecule has 4 unspecified atom stereocenters. The molecule has 4 N–H and O–H groups in total. The van der Waals surface area contributed by atoms with E-state index in [9.17, 15) is 14.7 Å². The van der Waals surface area contributed by atoms with Crippen LogP contribution in [0.4, 0.5) is 0 Å². The van der Waals surface area contributed by atoms with Crippen LogP contribution in [0.1, 0.15) is 71.1 Å². The zero-order chi connectivity index (χ0) is 22.3. The summed E-state index contributed by atoms with van der Waals surface area (Å²) in [5.74, 6) is 2.57. The van der Waals surface area contributed by atoms with E-state index < -0.39 is 5.60 Å². The number of hydrogen-bond donors (Lipinski definition) is 4. The normalized spacial score (nSPS) is 39.7. The predicted octanol–water partition coefficient (Wildman–Crippen LogP) is 1.16. The third-order valence-corrected chi connectivity index (χ3v) is 8.90. The van der Waals surface area contributed by atoms with Crippen molar-refractivity contribution in [1.29, 1.82) is 0 Å². The maximum Gasteiger partial charge on any atom is 0.254 e. The van der Waals surface area contributed by atoms with Gasteiger partial charge in [0.25, 0.3) is 5.91 Å². The topological polar surface area (TPSA) is 96.9 Å². The van der Waals surface area contributed by atoms with Crippen molar-refractivity contribution in [1.82, 2.24) is 26.0 Å². The standard InChI is InChI=1S/C24H41N5O3/c1-16-25-21(27-26-16)20-4-2-3-19(15-20)17-5-7-18(8-6-17)22(30)28-11-13-29(14-12-28)23(31)24(32)9-10-24/h16-21,25-27,32H,2-15H2,1H3. The van der Waals surface area contributed by atoms with E-state index in [1.165, 1.54) is 38.5 Å². The molecule has 2 aliphatic heterocycles. The van der Waals surface area contributed by atoms with Crippen LogP contribution in [0.3, 0.4) is 0 Å². The van der Waals surface area contributed by atoms with Gasteiger partial charge >= 0.3 is 0 Å². The quantitative estimate of drug-likeness (QED) is 0.517. The minimum Gasteiger partial charge on any atom is -0.380 e. The van der Waals surface area contributed by atoms with E-state index in [0.29, 0.717) is 63.2 Å². The van der Waals surface area contributed by atoms with Crippen LogP contribution in [0.15, 0.2) is 0 Å². The fourth-order valence-corrected chi connectivity index (χ4v) is 6.67. The highest BCUT2D eigenvalue weighted by atomic mass is 16.3. The van der Waals surface area contributed by atoms with E-state index in [1.54, 1.807) is 4.90 Å². The molecular weight excluding hydrogens is 406 g/mol. The largest absolute Gasteiger partial charge is 0.380 e. The average molecular weight is 448 g/mol. The summed E-state index contributed by atoms with van der Waals surface area (Å²) in [6.45, 7) is 4.49. The molecule has 3 aliphatic carbocycles. The second-order valence-corrected chi connectivity index (χ2v) is 11.1. The summed E-state index contributed by atoms with van der Waals surface area (Å²) < 4.78 is 0. The third kappa shape index (κ3) is 4.69. The van der Waals surface area contributed by atoms with Crippen LogP contribution < -0.4 is 16.2 Å². The van der Waals surface area contributed by atoms with Gasteiger partial charge in [-0.25, -0.2) is 10.9 Å². The SMILES string of the molecule is CC1NNC(C2CCCC(C3CCC(C(=O)N4CCN(C(=O)C5(O)CC5)CC4)CC3)C2)N1. The molecule has 2 amide bonds. The van der Waals surface area contributed by atoms with Crippen molar-refractivity contribution in [2.45, 2.75) is 89.1 Å². The van der Waals surface area contributed by atoms with E-state index in [4.69, 9.17) is 0 Å². The number of nitrogens with zero attached hydrogens (tertiary/aromatic N) is 2. The van der Waals surface area contributed by atoms with Crippen molar-refractivity contribution in [3.05, 3.63) is 0 Å². The number of carbonyl (C=O) groups excluding carboxylic acids is 2. The van der Waals surface area contributed by atoms with Crippen LogP contribution in [-0.4, -0.2) is 70.8 Å². The van der Waals surface area contributed by atoms with Gasteiger partial charge in [0.1, 0.15) is 5.60 Å². The molecule has 0 aromatic heterocycles. The first kappa shape index (κ1) is 22.6. The second-order valence-electron chi connectivity index (χ2n) is 11.1. The molecule has 8 heteroatoms. The van der Waals surface area contributed by atoms with Crippen molar-refractivity contribution >= 4 is 11.8 Å². The van der Waals surface area contributed by atoms with Crippen molar-refractivity contribution in [3.8, 4) is 0 Å². The van der Waals surface area contributed by atoms with Gasteiger partial charge < -0.3 is 14.9 Å². The van der Waals surface area contributed by atoms with Gasteiger partial charge in [-0.15, -0.1) is 0 Å². The highest BCUT2D eigenvalue weighted by Crippen LogP contribution is 2.43. The first-order chi connectivity index (χ1) is 15.4. The van der Waals surface area contributed by atoms with Crippen LogP contribution in [0.2, 0.25) is 0 Å². The van der Waals surface area contributed by atoms with Crippen molar-refractivity contribution < 1.29 is 14.7 Å². The number of amides is 2. The molecule has 0 aromatic carbocycles. The predicted molar refractivity (Wildman–Crippen MR) is 121 cm³/mol. The monoisotopic (exact) mass is 447 g/mol. The van der Waals surface area contributed by atoms with Crippen LogP contribution in [0, 0.1) is 23.7 Å². The summed E-state index contributed by atoms with van der Waals surface area (Å²) in [5, 5.41) is 13.7. The smallest absolute Gasteiger partial charge is 0.254 e. The molecule has 180 valence electrons. The minimum atomic E-state index is -1.10. The van der Waals surface area contributed by atoms with Gasteiger partial charge in [-0.3, -0.25) is 14.9 Å². The van der Waals surface area contributed by atoms with E-state index in [0.717, 1.165) is 24.7 Å². The molecule has 0 radical (unpaired) electrons. The number of carbonyl (C=O) groups is 2. The summed E-state index contributed by atoms with van der Waals surface area (Å²) in [4.78, 5) is 29.2. The third-order valence-electron chi connectivity index (χ3n) is 8.90. The van der Waals surface area contributed by atoms with Crippen LogP contribution in [0.5, 0.6) is 0 Å². The van der Waals surface area contributed by atoms with Crippen molar-refractivity contribution in [2.24, 2.45) is 23.7 Å². The van der Waals surface area contributed by atoms with E-state index in [1.807, 2.05) is 4.90 Å². The summed E-state index contributed by atoms with van der Waals surface area (Å²) in [5.41, 5.74) is 5.63. The lowest BCUT2D eigenvalue weighted by Gasteiger charge is -2.41. The van der Waals surface area contributed by atoms with Gasteiger partial charge in [0, 0.05) is 32.1 Å². The molecule has 0 bridgehead atoms. The highest BCUT2D eigenvalue weighted by molar-refractivity contribution is 5.88. The van der Waals surface area contributed by atoms with E-state index >= 15 is 0 Å². The molecule has 0 spiro atoms. The van der Waals surface area contributed by atoms with Gasteiger partial charge in [-0.1, -0.05) is 12.8 Å². The lowest BCUT2D eigenvalue weighted by molar-refractivity contribution is -0.148. The maximum absolute atomic E-state index is 13.1. The Balaban J connectivity index is 1.06. The van der Waals surface area contributed by atoms with Gasteiger partial charge in [0.2, 0.25) is 5.91 Å². The highest BCUT2D eigenvalue weighted by Gasteiger charge is 2.50. The number of nitrogens with one attached hydrogen (secondary N) is 3. The van der Waals surface area contributed by atoms with Crippen LogP contribution >= 0.6 is 0 Å². The summed E-state index contributed by atoms with van der Waals surface area (Å²) in [6, 6.07) is 0. The summed E-state index contributed by atoms with van der Waals surface area (Å²) in [6.07, 6.45) is 11.5. The zero-order valence-corrected chi connectivity index (χ0v) is 19.5. The van der Waals surface area contributed by atoms with Gasteiger partial charge in [0.15, 0.2) is 0 Å². The van der Waals surface area contributed by atoms with E-state index in [2.05, 4.69) is 23.1 Å². The van der Waals surface area contributed by atoms with Gasteiger partial charge in [0.05, 0.1) is 12.3 Å². The second kappa shape index (κ2) is 9.20. The fraction of sp³-hybridized carbons (Fsp3) is 0.917. The molecule has 0 aromatic rings.